The Kier molecular flexibility index (Phi) is 4.38. The van der Waals surface area contributed by atoms with Gasteiger partial charge in [0.2, 0.25) is 0 Å². The highest BCUT2D eigenvalue weighted by atomic mass is 15.4. The minimum absolute atomic E-state index is 0.314. The molecule has 0 aliphatic carbocycles. The predicted molar refractivity (Wildman–Crippen MR) is 91.1 cm³/mol. The maximum Gasteiger partial charge on any atom is 0.186 e. The summed E-state index contributed by atoms with van der Waals surface area (Å²) in [7, 11) is 0. The molecular weight excluding hydrogens is 284 g/mol. The van der Waals surface area contributed by atoms with Crippen molar-refractivity contribution in [2.45, 2.75) is 39.2 Å². The molecule has 2 aromatic carbocycles. The molecule has 0 aliphatic heterocycles. The molecule has 0 radical (unpaired) electrons. The summed E-state index contributed by atoms with van der Waals surface area (Å²) in [5.74, 6) is 0.314. The summed E-state index contributed by atoms with van der Waals surface area (Å²) >= 11 is 0. The van der Waals surface area contributed by atoms with Crippen LogP contribution in [0.5, 0.6) is 0 Å². The van der Waals surface area contributed by atoms with E-state index in [1.165, 1.54) is 16.3 Å². The van der Waals surface area contributed by atoms with E-state index in [0.717, 1.165) is 18.5 Å². The summed E-state index contributed by atoms with van der Waals surface area (Å²) in [4.78, 5) is 0. The minimum atomic E-state index is 0.314. The molecule has 4 heteroatoms. The van der Waals surface area contributed by atoms with Crippen LogP contribution in [0.4, 0.5) is 0 Å². The lowest BCUT2D eigenvalue weighted by atomic mass is 9.97. The highest BCUT2D eigenvalue weighted by molar-refractivity contribution is 5.85. The van der Waals surface area contributed by atoms with Crippen LogP contribution in [0, 0.1) is 11.3 Å². The van der Waals surface area contributed by atoms with Crippen molar-refractivity contribution >= 4 is 10.8 Å². The van der Waals surface area contributed by atoms with E-state index < -0.39 is 0 Å². The Hall–Kier alpha value is -2.67. The lowest BCUT2D eigenvalue weighted by molar-refractivity contribution is 0.544. The van der Waals surface area contributed by atoms with Crippen LogP contribution in [0.3, 0.4) is 0 Å². The largest absolute Gasteiger partial charge is 0.243 e. The van der Waals surface area contributed by atoms with Gasteiger partial charge in [0.25, 0.3) is 0 Å². The molecule has 0 fully saturated rings. The second kappa shape index (κ2) is 6.62. The lowest BCUT2D eigenvalue weighted by Crippen LogP contribution is -2.11. The number of rotatable bonds is 5. The van der Waals surface area contributed by atoms with Crippen LogP contribution in [0.25, 0.3) is 10.8 Å². The SMILES string of the molecule is CCC(CC)c1c(C#N)nnn1Cc1cccc2ccccc12. The van der Waals surface area contributed by atoms with E-state index in [0.29, 0.717) is 18.2 Å². The molecule has 23 heavy (non-hydrogen) atoms. The Morgan fingerprint density at radius 3 is 2.57 bits per heavy atom. The molecule has 1 aromatic heterocycles. The minimum Gasteiger partial charge on any atom is -0.243 e. The van der Waals surface area contributed by atoms with Gasteiger partial charge in [-0.2, -0.15) is 5.26 Å². The fourth-order valence-electron chi connectivity index (χ4n) is 3.19. The van der Waals surface area contributed by atoms with E-state index >= 15 is 0 Å². The number of nitrogens with zero attached hydrogens (tertiary/aromatic N) is 4. The summed E-state index contributed by atoms with van der Waals surface area (Å²) in [6.45, 7) is 4.93. The standard InChI is InChI=1S/C19H20N4/c1-3-14(4-2)19-18(12-20)21-22-23(19)13-16-10-7-9-15-8-5-6-11-17(15)16/h5-11,14H,3-4,13H2,1-2H3. The van der Waals surface area contributed by atoms with E-state index in [1.807, 2.05) is 10.7 Å². The van der Waals surface area contributed by atoms with Crippen molar-refractivity contribution in [3.05, 3.63) is 59.4 Å². The maximum atomic E-state index is 9.34. The number of hydrogen-bond acceptors (Lipinski definition) is 3. The fourth-order valence-corrected chi connectivity index (χ4v) is 3.19. The Bertz CT molecular complexity index is 848. The summed E-state index contributed by atoms with van der Waals surface area (Å²) in [6.07, 6.45) is 1.96. The zero-order valence-electron chi connectivity index (χ0n) is 13.5. The van der Waals surface area contributed by atoms with Gasteiger partial charge in [-0.3, -0.25) is 0 Å². The van der Waals surface area contributed by atoms with Gasteiger partial charge in [-0.05, 0) is 29.2 Å². The molecule has 0 amide bonds. The van der Waals surface area contributed by atoms with Crippen molar-refractivity contribution in [1.82, 2.24) is 15.0 Å². The van der Waals surface area contributed by atoms with Gasteiger partial charge in [0.05, 0.1) is 12.2 Å². The zero-order valence-corrected chi connectivity index (χ0v) is 13.5. The molecule has 0 bridgehead atoms. The van der Waals surface area contributed by atoms with E-state index in [2.05, 4.69) is 66.6 Å². The smallest absolute Gasteiger partial charge is 0.186 e. The van der Waals surface area contributed by atoms with Gasteiger partial charge < -0.3 is 0 Å². The molecule has 1 heterocycles. The third kappa shape index (κ3) is 2.83. The second-order valence-corrected chi connectivity index (χ2v) is 5.74. The summed E-state index contributed by atoms with van der Waals surface area (Å²) < 4.78 is 1.90. The highest BCUT2D eigenvalue weighted by Crippen LogP contribution is 2.26. The van der Waals surface area contributed by atoms with Crippen LogP contribution in [-0.2, 0) is 6.54 Å². The molecule has 0 unspecified atom stereocenters. The van der Waals surface area contributed by atoms with E-state index in [-0.39, 0.29) is 0 Å². The quantitative estimate of drug-likeness (QED) is 0.708. The van der Waals surface area contributed by atoms with Crippen molar-refractivity contribution in [2.75, 3.05) is 0 Å². The van der Waals surface area contributed by atoms with Crippen molar-refractivity contribution in [2.24, 2.45) is 0 Å². The first kappa shape index (κ1) is 15.2. The first-order valence-electron chi connectivity index (χ1n) is 8.08. The zero-order chi connectivity index (χ0) is 16.2. The average molecular weight is 304 g/mol. The van der Waals surface area contributed by atoms with Gasteiger partial charge in [-0.25, -0.2) is 4.68 Å². The molecule has 0 atom stereocenters. The first-order valence-corrected chi connectivity index (χ1v) is 8.08. The molecule has 0 saturated heterocycles. The van der Waals surface area contributed by atoms with Gasteiger partial charge in [0.1, 0.15) is 6.07 Å². The van der Waals surface area contributed by atoms with E-state index in [4.69, 9.17) is 0 Å². The van der Waals surface area contributed by atoms with Crippen LogP contribution in [0.2, 0.25) is 0 Å². The summed E-state index contributed by atoms with van der Waals surface area (Å²) in [5, 5.41) is 20.1. The van der Waals surface area contributed by atoms with Crippen LogP contribution < -0.4 is 0 Å². The summed E-state index contributed by atoms with van der Waals surface area (Å²) in [5.41, 5.74) is 2.62. The predicted octanol–water partition coefficient (Wildman–Crippen LogP) is 4.25. The Balaban J connectivity index is 2.06. The molecular formula is C19H20N4. The first-order chi connectivity index (χ1) is 11.3. The third-order valence-electron chi connectivity index (χ3n) is 4.45. The monoisotopic (exact) mass is 304 g/mol. The van der Waals surface area contributed by atoms with E-state index in [1.54, 1.807) is 0 Å². The topological polar surface area (TPSA) is 54.5 Å². The molecule has 0 saturated carbocycles. The summed E-state index contributed by atoms with van der Waals surface area (Å²) in [6, 6.07) is 16.8. The van der Waals surface area contributed by atoms with Gasteiger partial charge in [0, 0.05) is 5.92 Å². The fraction of sp³-hybridized carbons (Fsp3) is 0.316. The second-order valence-electron chi connectivity index (χ2n) is 5.74. The number of benzene rings is 2. The van der Waals surface area contributed by atoms with Crippen LogP contribution >= 0.6 is 0 Å². The Morgan fingerprint density at radius 1 is 1.09 bits per heavy atom. The number of nitriles is 1. The maximum absolute atomic E-state index is 9.34. The van der Waals surface area contributed by atoms with Crippen molar-refractivity contribution in [1.29, 1.82) is 5.26 Å². The van der Waals surface area contributed by atoms with Crippen molar-refractivity contribution < 1.29 is 0 Å². The number of hydrogen-bond donors (Lipinski definition) is 0. The lowest BCUT2D eigenvalue weighted by Gasteiger charge is -2.15. The number of fused-ring (bicyclic) bond motifs is 1. The average Bonchev–Trinajstić information content (AvgIpc) is 2.99. The van der Waals surface area contributed by atoms with Gasteiger partial charge in [-0.15, -0.1) is 5.10 Å². The van der Waals surface area contributed by atoms with Crippen LogP contribution in [0.15, 0.2) is 42.5 Å². The normalized spacial score (nSPS) is 11.0. The van der Waals surface area contributed by atoms with E-state index in [9.17, 15) is 5.26 Å². The molecule has 4 nitrogen and oxygen atoms in total. The molecule has 3 rings (SSSR count). The molecule has 3 aromatic rings. The number of aromatic nitrogens is 3. The highest BCUT2D eigenvalue weighted by Gasteiger charge is 2.20. The van der Waals surface area contributed by atoms with Crippen molar-refractivity contribution in [3.63, 3.8) is 0 Å². The third-order valence-corrected chi connectivity index (χ3v) is 4.45. The van der Waals surface area contributed by atoms with Gasteiger partial charge in [-0.1, -0.05) is 61.5 Å². The molecule has 116 valence electrons. The molecule has 0 spiro atoms. The molecule has 0 N–H and O–H groups in total. The van der Waals surface area contributed by atoms with Crippen LogP contribution in [-0.4, -0.2) is 15.0 Å². The van der Waals surface area contributed by atoms with Crippen LogP contribution in [0.1, 0.15) is 49.6 Å². The Morgan fingerprint density at radius 2 is 1.83 bits per heavy atom. The Labute approximate surface area is 136 Å². The van der Waals surface area contributed by atoms with Gasteiger partial charge in [0.15, 0.2) is 5.69 Å². The molecule has 0 aliphatic rings. The van der Waals surface area contributed by atoms with Gasteiger partial charge >= 0.3 is 0 Å². The van der Waals surface area contributed by atoms with Crippen molar-refractivity contribution in [3.8, 4) is 6.07 Å².